The van der Waals surface area contributed by atoms with Gasteiger partial charge in [0.1, 0.15) is 11.6 Å². The molecule has 0 saturated carbocycles. The number of carbonyl (C=O) groups excluding carboxylic acids is 2. The molecule has 0 unspecified atom stereocenters. The van der Waals surface area contributed by atoms with E-state index in [4.69, 9.17) is 23.4 Å². The van der Waals surface area contributed by atoms with Crippen molar-refractivity contribution in [3.63, 3.8) is 0 Å². The van der Waals surface area contributed by atoms with Gasteiger partial charge in [0.15, 0.2) is 12.2 Å². The van der Waals surface area contributed by atoms with Crippen LogP contribution in [0.3, 0.4) is 0 Å². The van der Waals surface area contributed by atoms with Crippen LogP contribution in [0.15, 0.2) is 40.2 Å². The smallest absolute Gasteiger partial charge is 0.331 e. The summed E-state index contributed by atoms with van der Waals surface area (Å²) in [6, 6.07) is 4.86. The molecule has 1 fully saturated rings. The lowest BCUT2D eigenvalue weighted by Crippen LogP contribution is -2.50. The molecule has 31 heavy (non-hydrogen) atoms. The number of cyclic esters (lactones) is 2. The third kappa shape index (κ3) is 5.21. The second kappa shape index (κ2) is 9.17. The third-order valence-corrected chi connectivity index (χ3v) is 4.38. The van der Waals surface area contributed by atoms with Crippen molar-refractivity contribution in [2.45, 2.75) is 32.6 Å². The van der Waals surface area contributed by atoms with Gasteiger partial charge >= 0.3 is 11.9 Å². The topological polar surface area (TPSA) is 121 Å². The number of nitrogens with one attached hydrogen (secondary N) is 1. The first kappa shape index (κ1) is 22.3. The summed E-state index contributed by atoms with van der Waals surface area (Å²) >= 11 is 0. The fourth-order valence-electron chi connectivity index (χ4n) is 3.11. The second-order valence-electron chi connectivity index (χ2n) is 7.40. The van der Waals surface area contributed by atoms with Gasteiger partial charge < -0.3 is 28.7 Å². The predicted molar refractivity (Wildman–Crippen MR) is 111 cm³/mol. The molecule has 10 nitrogen and oxygen atoms in total. The molecule has 10 heteroatoms. The summed E-state index contributed by atoms with van der Waals surface area (Å²) in [6.45, 7) is 5.07. The number of hydrogen-bond donors (Lipinski definition) is 1. The lowest BCUT2D eigenvalue weighted by atomic mass is 10.1. The molecular formula is C21H25N3O7. The van der Waals surface area contributed by atoms with Gasteiger partial charge in [-0.3, -0.25) is 14.6 Å². The van der Waals surface area contributed by atoms with Crippen molar-refractivity contribution in [2.75, 3.05) is 26.1 Å². The number of amidine groups is 1. The number of oxazole rings is 1. The second-order valence-corrected chi connectivity index (χ2v) is 7.40. The van der Waals surface area contributed by atoms with Crippen LogP contribution in [-0.4, -0.2) is 55.4 Å². The number of aliphatic imine (C=N–C) groups is 1. The zero-order chi connectivity index (χ0) is 22.6. The van der Waals surface area contributed by atoms with Crippen molar-refractivity contribution < 1.29 is 33.0 Å². The number of rotatable bonds is 7. The van der Waals surface area contributed by atoms with E-state index in [0.29, 0.717) is 29.4 Å². The zero-order valence-corrected chi connectivity index (χ0v) is 18.0. The minimum Gasteiger partial charge on any atom is -0.496 e. The van der Waals surface area contributed by atoms with Crippen molar-refractivity contribution in [3.05, 3.63) is 30.8 Å². The van der Waals surface area contributed by atoms with Gasteiger partial charge in [0.05, 0.1) is 31.5 Å². The fourth-order valence-corrected chi connectivity index (χ4v) is 3.11. The summed E-state index contributed by atoms with van der Waals surface area (Å²) in [7, 11) is 3.06. The first-order chi connectivity index (χ1) is 14.7. The van der Waals surface area contributed by atoms with E-state index in [0.717, 1.165) is 0 Å². The fraction of sp³-hybridized carbons (Fsp3) is 0.429. The molecule has 166 valence electrons. The van der Waals surface area contributed by atoms with Gasteiger partial charge in [-0.2, -0.15) is 0 Å². The molecule has 1 N–H and O–H groups in total. The minimum absolute atomic E-state index is 0.0875. The van der Waals surface area contributed by atoms with Gasteiger partial charge in [0, 0.05) is 32.7 Å². The van der Waals surface area contributed by atoms with E-state index in [1.165, 1.54) is 34.5 Å². The van der Waals surface area contributed by atoms with Crippen LogP contribution >= 0.6 is 0 Å². The maximum atomic E-state index is 12.6. The molecule has 1 aromatic heterocycles. The van der Waals surface area contributed by atoms with E-state index in [2.05, 4.69) is 15.3 Å². The number of carbonyl (C=O) groups is 2. The number of methoxy groups -OCH3 is 2. The molecule has 0 radical (unpaired) electrons. The van der Waals surface area contributed by atoms with Crippen LogP contribution in [-0.2, 0) is 23.8 Å². The standard InChI is InChI=1S/C21H25N3O7/c1-12(10-27-4)23-18(17-19(25)30-21(2,3)31-20(17)26)24-13-6-7-14(15(8-13)28-5)16-9-22-11-29-16/h6-9,11-12,17H,10H2,1-5H3,(H,23,24)/t12-/m0/s1. The van der Waals surface area contributed by atoms with Gasteiger partial charge in [0.25, 0.3) is 5.79 Å². The Morgan fingerprint density at radius 1 is 1.26 bits per heavy atom. The molecule has 3 rings (SSSR count). The van der Waals surface area contributed by atoms with Crippen LogP contribution < -0.4 is 10.1 Å². The van der Waals surface area contributed by atoms with E-state index in [1.807, 2.05) is 0 Å². The molecule has 1 aliphatic rings. The Hall–Kier alpha value is -3.40. The quantitative estimate of drug-likeness (QED) is 0.305. The molecule has 0 spiro atoms. The summed E-state index contributed by atoms with van der Waals surface area (Å²) in [6.07, 6.45) is 2.89. The summed E-state index contributed by atoms with van der Waals surface area (Å²) < 4.78 is 26.4. The van der Waals surface area contributed by atoms with E-state index < -0.39 is 23.6 Å². The van der Waals surface area contributed by atoms with Crippen LogP contribution in [0, 0.1) is 5.92 Å². The molecule has 0 bridgehead atoms. The van der Waals surface area contributed by atoms with Crippen LogP contribution in [0.25, 0.3) is 11.3 Å². The highest BCUT2D eigenvalue weighted by molar-refractivity contribution is 6.21. The number of esters is 2. The largest absolute Gasteiger partial charge is 0.496 e. The number of hydrogen-bond acceptors (Lipinski definition) is 9. The lowest BCUT2D eigenvalue weighted by molar-refractivity contribution is -0.235. The van der Waals surface area contributed by atoms with E-state index in [9.17, 15) is 9.59 Å². The first-order valence-corrected chi connectivity index (χ1v) is 9.60. The van der Waals surface area contributed by atoms with E-state index in [-0.39, 0.29) is 11.9 Å². The molecule has 1 aromatic carbocycles. The number of ether oxygens (including phenoxy) is 4. The average Bonchev–Trinajstić information content (AvgIpc) is 3.21. The summed E-state index contributed by atoms with van der Waals surface area (Å²) in [4.78, 5) is 33.6. The third-order valence-electron chi connectivity index (χ3n) is 4.38. The normalized spacial score (nSPS) is 17.6. The van der Waals surface area contributed by atoms with Gasteiger partial charge in [0.2, 0.25) is 5.92 Å². The molecule has 0 amide bonds. The van der Waals surface area contributed by atoms with Crippen LogP contribution in [0.2, 0.25) is 0 Å². The number of anilines is 1. The molecule has 2 aromatic rings. The maximum Gasteiger partial charge on any atom is 0.331 e. The Balaban J connectivity index is 1.94. The first-order valence-electron chi connectivity index (χ1n) is 9.60. The van der Waals surface area contributed by atoms with Gasteiger partial charge in [-0.15, -0.1) is 0 Å². The Morgan fingerprint density at radius 2 is 1.97 bits per heavy atom. The van der Waals surface area contributed by atoms with Gasteiger partial charge in [-0.05, 0) is 19.1 Å². The Kier molecular flexibility index (Phi) is 6.59. The molecule has 1 aliphatic heterocycles. The van der Waals surface area contributed by atoms with Crippen molar-refractivity contribution in [1.29, 1.82) is 0 Å². The summed E-state index contributed by atoms with van der Waals surface area (Å²) in [5, 5.41) is 3.04. The van der Waals surface area contributed by atoms with E-state index >= 15 is 0 Å². The zero-order valence-electron chi connectivity index (χ0n) is 18.0. The van der Waals surface area contributed by atoms with Crippen LogP contribution in [0.4, 0.5) is 5.69 Å². The molecular weight excluding hydrogens is 406 g/mol. The average molecular weight is 431 g/mol. The summed E-state index contributed by atoms with van der Waals surface area (Å²) in [5.74, 6) is -3.06. The van der Waals surface area contributed by atoms with E-state index in [1.54, 1.807) is 31.3 Å². The highest BCUT2D eigenvalue weighted by Crippen LogP contribution is 2.33. The number of benzene rings is 1. The van der Waals surface area contributed by atoms with Crippen LogP contribution in [0.5, 0.6) is 5.75 Å². The number of nitrogens with zero attached hydrogens (tertiary/aromatic N) is 2. The highest BCUT2D eigenvalue weighted by Gasteiger charge is 2.46. The lowest BCUT2D eigenvalue weighted by Gasteiger charge is -2.33. The molecule has 1 saturated heterocycles. The Morgan fingerprint density at radius 3 is 2.55 bits per heavy atom. The SMILES string of the molecule is COC[C@H](C)N=C(Nc1ccc(-c2cnco2)c(OC)c1)C1C(=O)OC(C)(C)OC1=O. The van der Waals surface area contributed by atoms with Crippen molar-refractivity contribution in [2.24, 2.45) is 10.9 Å². The molecule has 0 aliphatic carbocycles. The Bertz CT molecular complexity index is 949. The highest BCUT2D eigenvalue weighted by atomic mass is 16.7. The van der Waals surface area contributed by atoms with Crippen molar-refractivity contribution in [3.8, 4) is 17.1 Å². The molecule has 2 heterocycles. The predicted octanol–water partition coefficient (Wildman–Crippen LogP) is 2.65. The van der Waals surface area contributed by atoms with Gasteiger partial charge in [-0.1, -0.05) is 0 Å². The van der Waals surface area contributed by atoms with Crippen molar-refractivity contribution >= 4 is 23.5 Å². The minimum atomic E-state index is -1.35. The van der Waals surface area contributed by atoms with Gasteiger partial charge in [-0.25, -0.2) is 4.98 Å². The maximum absolute atomic E-state index is 12.6. The summed E-state index contributed by atoms with van der Waals surface area (Å²) in [5.41, 5.74) is 1.23. The monoisotopic (exact) mass is 431 g/mol. The molecule has 1 atom stereocenters. The Labute approximate surface area is 179 Å². The van der Waals surface area contributed by atoms with Crippen LogP contribution in [0.1, 0.15) is 20.8 Å². The number of aromatic nitrogens is 1. The van der Waals surface area contributed by atoms with Crippen molar-refractivity contribution in [1.82, 2.24) is 4.98 Å².